The molecule has 3 heterocycles. The molecular formula is C21H22N8. The van der Waals surface area contributed by atoms with Gasteiger partial charge in [-0.05, 0) is 74.5 Å². The van der Waals surface area contributed by atoms with E-state index in [2.05, 4.69) is 35.5 Å². The van der Waals surface area contributed by atoms with Gasteiger partial charge in [0.2, 0.25) is 5.95 Å². The third-order valence-electron chi connectivity index (χ3n) is 7.35. The molecule has 0 amide bonds. The van der Waals surface area contributed by atoms with E-state index in [-0.39, 0.29) is 5.54 Å². The normalized spacial score (nSPS) is 30.4. The predicted molar refractivity (Wildman–Crippen MR) is 109 cm³/mol. The van der Waals surface area contributed by atoms with Gasteiger partial charge in [-0.15, -0.1) is 5.10 Å². The zero-order chi connectivity index (χ0) is 19.0. The molecule has 8 heteroatoms. The number of rotatable bonds is 3. The molecule has 4 aromatic rings. The Labute approximate surface area is 167 Å². The summed E-state index contributed by atoms with van der Waals surface area (Å²) >= 11 is 0. The number of H-pyrrole nitrogens is 1. The molecule has 8 nitrogen and oxygen atoms in total. The minimum atomic E-state index is 0.101. The summed E-state index contributed by atoms with van der Waals surface area (Å²) in [5, 5.41) is 20.5. The second kappa shape index (κ2) is 5.52. The number of anilines is 2. The van der Waals surface area contributed by atoms with Gasteiger partial charge < -0.3 is 5.32 Å². The van der Waals surface area contributed by atoms with Crippen molar-refractivity contribution < 1.29 is 0 Å². The number of nitrogens with zero attached hydrogens (tertiary/aromatic N) is 6. The zero-order valence-electron chi connectivity index (χ0n) is 16.0. The van der Waals surface area contributed by atoms with E-state index in [1.807, 2.05) is 24.4 Å². The summed E-state index contributed by atoms with van der Waals surface area (Å²) in [6.07, 6.45) is 11.5. The van der Waals surface area contributed by atoms with Gasteiger partial charge in [0.15, 0.2) is 11.2 Å². The molecule has 146 valence electrons. The van der Waals surface area contributed by atoms with Crippen LogP contribution in [-0.2, 0) is 5.54 Å². The minimum absolute atomic E-state index is 0.101. The van der Waals surface area contributed by atoms with Crippen LogP contribution in [0.5, 0.6) is 0 Å². The first kappa shape index (κ1) is 15.8. The molecule has 0 saturated heterocycles. The van der Waals surface area contributed by atoms with E-state index >= 15 is 0 Å². The van der Waals surface area contributed by atoms with E-state index in [9.17, 15) is 0 Å². The number of benzene rings is 1. The van der Waals surface area contributed by atoms with Gasteiger partial charge in [0.1, 0.15) is 0 Å². The summed E-state index contributed by atoms with van der Waals surface area (Å²) < 4.78 is 2.15. The third-order valence-corrected chi connectivity index (χ3v) is 7.35. The Hall–Kier alpha value is -3.03. The van der Waals surface area contributed by atoms with Crippen LogP contribution in [0.4, 0.5) is 11.6 Å². The van der Waals surface area contributed by atoms with Crippen LogP contribution >= 0.6 is 0 Å². The van der Waals surface area contributed by atoms with Crippen molar-refractivity contribution in [3.05, 3.63) is 30.6 Å². The lowest BCUT2D eigenvalue weighted by Crippen LogP contribution is -2.52. The first-order chi connectivity index (χ1) is 14.2. The van der Waals surface area contributed by atoms with Crippen LogP contribution in [0.25, 0.3) is 22.1 Å². The Morgan fingerprint density at radius 2 is 1.83 bits per heavy atom. The molecule has 4 aliphatic rings. The van der Waals surface area contributed by atoms with Crippen molar-refractivity contribution in [3.8, 4) is 0 Å². The highest BCUT2D eigenvalue weighted by Gasteiger charge is 2.53. The molecular weight excluding hydrogens is 364 g/mol. The van der Waals surface area contributed by atoms with E-state index in [0.717, 1.165) is 45.5 Å². The maximum Gasteiger partial charge on any atom is 0.229 e. The van der Waals surface area contributed by atoms with Crippen molar-refractivity contribution >= 4 is 33.7 Å². The Morgan fingerprint density at radius 1 is 1.03 bits per heavy atom. The summed E-state index contributed by atoms with van der Waals surface area (Å²) in [5.41, 5.74) is 3.64. The van der Waals surface area contributed by atoms with Gasteiger partial charge in [0.25, 0.3) is 0 Å². The minimum Gasteiger partial charge on any atom is -0.324 e. The fourth-order valence-corrected chi connectivity index (χ4v) is 6.58. The van der Waals surface area contributed by atoms with Crippen molar-refractivity contribution in [1.82, 2.24) is 35.2 Å². The predicted octanol–water partition coefficient (Wildman–Crippen LogP) is 3.77. The van der Waals surface area contributed by atoms with Crippen LogP contribution in [0.15, 0.2) is 30.6 Å². The Kier molecular flexibility index (Phi) is 3.02. The first-order valence-corrected chi connectivity index (χ1v) is 10.5. The molecule has 0 spiro atoms. The summed E-state index contributed by atoms with van der Waals surface area (Å²) in [7, 11) is 0. The molecule has 3 aromatic heterocycles. The molecule has 29 heavy (non-hydrogen) atoms. The highest BCUT2D eigenvalue weighted by molar-refractivity contribution is 5.82. The smallest absolute Gasteiger partial charge is 0.229 e. The highest BCUT2D eigenvalue weighted by atomic mass is 15.5. The maximum atomic E-state index is 4.85. The van der Waals surface area contributed by atoms with Crippen LogP contribution in [0.2, 0.25) is 0 Å². The average Bonchev–Trinajstić information content (AvgIpc) is 3.33. The summed E-state index contributed by atoms with van der Waals surface area (Å²) in [5.74, 6) is 3.12. The quantitative estimate of drug-likeness (QED) is 0.556. The van der Waals surface area contributed by atoms with Crippen molar-refractivity contribution in [2.45, 2.75) is 44.1 Å². The molecule has 0 atom stereocenters. The van der Waals surface area contributed by atoms with E-state index in [0.29, 0.717) is 5.95 Å². The number of nitrogens with one attached hydrogen (secondary N) is 2. The number of fused-ring (bicyclic) bond motifs is 2. The van der Waals surface area contributed by atoms with Crippen LogP contribution in [0.3, 0.4) is 0 Å². The third kappa shape index (κ3) is 2.34. The van der Waals surface area contributed by atoms with E-state index in [1.54, 1.807) is 6.20 Å². The van der Waals surface area contributed by atoms with Crippen LogP contribution in [0, 0.1) is 17.8 Å². The van der Waals surface area contributed by atoms with Gasteiger partial charge in [0.05, 0.1) is 23.4 Å². The Morgan fingerprint density at radius 3 is 2.62 bits per heavy atom. The first-order valence-electron chi connectivity index (χ1n) is 10.5. The molecule has 0 aliphatic heterocycles. The lowest BCUT2D eigenvalue weighted by molar-refractivity contribution is -0.0481. The molecule has 4 saturated carbocycles. The number of aromatic amines is 1. The molecule has 8 rings (SSSR count). The number of aromatic nitrogens is 7. The Bertz CT molecular complexity index is 1200. The van der Waals surface area contributed by atoms with Gasteiger partial charge in [-0.1, -0.05) is 5.21 Å². The fourth-order valence-electron chi connectivity index (χ4n) is 6.58. The van der Waals surface area contributed by atoms with Crippen molar-refractivity contribution in [2.75, 3.05) is 5.32 Å². The topological polar surface area (TPSA) is 97.2 Å². The van der Waals surface area contributed by atoms with Crippen LogP contribution < -0.4 is 5.32 Å². The molecule has 0 unspecified atom stereocenters. The molecule has 0 radical (unpaired) electrons. The number of hydrogen-bond acceptors (Lipinski definition) is 6. The van der Waals surface area contributed by atoms with E-state index in [4.69, 9.17) is 4.98 Å². The standard InChI is InChI=1S/C21H22N8/c1-2-16(6-17-15(1)10-23-26-17)24-20-22-11-18-19(25-20)29(28-27-18)21-7-12-3-13(8-21)5-14(4-12)9-21/h1-2,6,10-14H,3-5,7-9H2,(H,23,26)(H,22,24,25). The SMILES string of the molecule is c1cc2cn[nH]c2cc1Nc1ncc2nnn(C34CC5CC(CC(C5)C3)C4)c2n1. The van der Waals surface area contributed by atoms with Gasteiger partial charge in [-0.3, -0.25) is 5.10 Å². The van der Waals surface area contributed by atoms with Gasteiger partial charge >= 0.3 is 0 Å². The summed E-state index contributed by atoms with van der Waals surface area (Å²) in [4.78, 5) is 9.31. The largest absolute Gasteiger partial charge is 0.324 e. The van der Waals surface area contributed by atoms with Gasteiger partial charge in [-0.2, -0.15) is 10.1 Å². The monoisotopic (exact) mass is 386 g/mol. The average molecular weight is 386 g/mol. The second-order valence-corrected chi connectivity index (χ2v) is 9.34. The van der Waals surface area contributed by atoms with Crippen molar-refractivity contribution in [2.24, 2.45) is 17.8 Å². The zero-order valence-corrected chi connectivity index (χ0v) is 16.0. The molecule has 2 N–H and O–H groups in total. The van der Waals surface area contributed by atoms with Gasteiger partial charge in [-0.25, -0.2) is 9.67 Å². The maximum absolute atomic E-state index is 4.85. The van der Waals surface area contributed by atoms with Gasteiger partial charge in [0, 0.05) is 11.1 Å². The molecule has 4 fully saturated rings. The molecule has 1 aromatic carbocycles. The number of hydrogen-bond donors (Lipinski definition) is 2. The van der Waals surface area contributed by atoms with Crippen molar-refractivity contribution in [1.29, 1.82) is 0 Å². The summed E-state index contributed by atoms with van der Waals surface area (Å²) in [6.45, 7) is 0. The molecule has 4 aliphatic carbocycles. The lowest BCUT2D eigenvalue weighted by atomic mass is 9.53. The molecule has 4 bridgehead atoms. The van der Waals surface area contributed by atoms with E-state index in [1.165, 1.54) is 38.5 Å². The Balaban J connectivity index is 1.28. The van der Waals surface area contributed by atoms with E-state index < -0.39 is 0 Å². The lowest BCUT2D eigenvalue weighted by Gasteiger charge is -2.56. The van der Waals surface area contributed by atoms with Crippen LogP contribution in [0.1, 0.15) is 38.5 Å². The summed E-state index contributed by atoms with van der Waals surface area (Å²) in [6, 6.07) is 6.06. The highest BCUT2D eigenvalue weighted by Crippen LogP contribution is 2.58. The van der Waals surface area contributed by atoms with Crippen molar-refractivity contribution in [3.63, 3.8) is 0 Å². The van der Waals surface area contributed by atoms with Crippen LogP contribution in [-0.4, -0.2) is 35.2 Å². The fraction of sp³-hybridized carbons (Fsp3) is 0.476. The second-order valence-electron chi connectivity index (χ2n) is 9.34.